The summed E-state index contributed by atoms with van der Waals surface area (Å²) >= 11 is 0. The number of aromatic nitrogens is 2. The summed E-state index contributed by atoms with van der Waals surface area (Å²) in [6.45, 7) is 8.65. The summed E-state index contributed by atoms with van der Waals surface area (Å²) in [5, 5.41) is 8.36. The summed E-state index contributed by atoms with van der Waals surface area (Å²) in [6.07, 6.45) is 7.28. The van der Waals surface area contributed by atoms with Crippen molar-refractivity contribution in [2.24, 2.45) is 5.92 Å². The lowest BCUT2D eigenvalue weighted by Crippen LogP contribution is -2.59. The van der Waals surface area contributed by atoms with Gasteiger partial charge in [0.2, 0.25) is 0 Å². The molecule has 0 spiro atoms. The third-order valence-electron chi connectivity index (χ3n) is 8.11. The maximum Gasteiger partial charge on any atom is 0.127 e. The highest BCUT2D eigenvalue weighted by atomic mass is 16.5. The van der Waals surface area contributed by atoms with Crippen LogP contribution in [0.25, 0.3) is 11.3 Å². The summed E-state index contributed by atoms with van der Waals surface area (Å²) in [5.41, 5.74) is 2.16. The first-order chi connectivity index (χ1) is 17.3. The van der Waals surface area contributed by atoms with Crippen LogP contribution in [0.15, 0.2) is 66.9 Å². The van der Waals surface area contributed by atoms with Gasteiger partial charge in [-0.3, -0.25) is 9.58 Å². The first-order valence-electron chi connectivity index (χ1n) is 13.4. The number of rotatable bonds is 7. The molecule has 0 radical (unpaired) electrons. The van der Waals surface area contributed by atoms with Crippen molar-refractivity contribution in [1.29, 1.82) is 0 Å². The molecule has 0 atom stereocenters. The molecule has 6 nitrogen and oxygen atoms in total. The smallest absolute Gasteiger partial charge is 0.127 e. The Morgan fingerprint density at radius 3 is 2.17 bits per heavy atom. The van der Waals surface area contributed by atoms with Gasteiger partial charge in [0, 0.05) is 50.5 Å². The van der Waals surface area contributed by atoms with E-state index in [4.69, 9.17) is 9.84 Å². The van der Waals surface area contributed by atoms with Gasteiger partial charge >= 0.3 is 0 Å². The van der Waals surface area contributed by atoms with Gasteiger partial charge < -0.3 is 15.0 Å². The summed E-state index contributed by atoms with van der Waals surface area (Å²) in [6, 6.07) is 21.6. The molecule has 6 heteroatoms. The molecule has 2 aromatic carbocycles. The molecule has 0 saturated carbocycles. The highest BCUT2D eigenvalue weighted by molar-refractivity contribution is 5.59. The van der Waals surface area contributed by atoms with Crippen LogP contribution in [0.5, 0.6) is 11.5 Å². The van der Waals surface area contributed by atoms with Crippen LogP contribution >= 0.6 is 0 Å². The second-order valence-corrected chi connectivity index (χ2v) is 10.4. The summed E-state index contributed by atoms with van der Waals surface area (Å²) in [7, 11) is 0. The van der Waals surface area contributed by atoms with E-state index in [0.29, 0.717) is 6.04 Å². The number of ether oxygens (including phenoxy) is 1. The van der Waals surface area contributed by atoms with E-state index >= 15 is 0 Å². The van der Waals surface area contributed by atoms with Crippen molar-refractivity contribution < 1.29 is 4.74 Å². The zero-order valence-electron chi connectivity index (χ0n) is 20.6. The van der Waals surface area contributed by atoms with Gasteiger partial charge in [-0.25, -0.2) is 0 Å². The standard InChI is InChI=1S/C29H37N5O/c1-2-4-27(5-3-1)35-28-8-6-24(7-9-28)29-14-19-34(31-29)25-12-15-32(16-13-25)22-23-10-17-33(18-11-23)26-20-30-21-26/h1-9,14,19,23,25-26,30H,10-13,15-18,20-22H2. The van der Waals surface area contributed by atoms with E-state index in [-0.39, 0.29) is 0 Å². The zero-order chi connectivity index (χ0) is 23.5. The van der Waals surface area contributed by atoms with Crippen LogP contribution in [0.1, 0.15) is 31.7 Å². The summed E-state index contributed by atoms with van der Waals surface area (Å²) in [5.74, 6) is 2.58. The molecule has 3 fully saturated rings. The monoisotopic (exact) mass is 471 g/mol. The third kappa shape index (κ3) is 5.45. The van der Waals surface area contributed by atoms with Crippen LogP contribution < -0.4 is 10.1 Å². The minimum atomic E-state index is 0.508. The maximum absolute atomic E-state index is 5.92. The molecule has 1 aromatic heterocycles. The Balaban J connectivity index is 0.979. The minimum Gasteiger partial charge on any atom is -0.457 e. The van der Waals surface area contributed by atoms with E-state index < -0.39 is 0 Å². The number of para-hydroxylation sites is 1. The molecule has 6 rings (SSSR count). The van der Waals surface area contributed by atoms with Crippen LogP contribution in [-0.4, -0.2) is 71.4 Å². The number of piperidine rings is 2. The number of hydrogen-bond acceptors (Lipinski definition) is 5. The van der Waals surface area contributed by atoms with Crippen LogP contribution in [-0.2, 0) is 0 Å². The Hall–Kier alpha value is -2.67. The largest absolute Gasteiger partial charge is 0.457 e. The summed E-state index contributed by atoms with van der Waals surface area (Å²) < 4.78 is 8.12. The Kier molecular flexibility index (Phi) is 6.85. The fourth-order valence-corrected chi connectivity index (χ4v) is 5.78. The molecule has 0 aliphatic carbocycles. The SMILES string of the molecule is c1ccc(Oc2ccc(-c3ccn(C4CCN(CC5CCN(C6CNC6)CC5)CC4)n3)cc2)cc1. The third-order valence-corrected chi connectivity index (χ3v) is 8.11. The molecule has 35 heavy (non-hydrogen) atoms. The number of nitrogens with zero attached hydrogens (tertiary/aromatic N) is 4. The predicted octanol–water partition coefficient (Wildman–Crippen LogP) is 4.66. The molecule has 3 aliphatic heterocycles. The molecule has 0 bridgehead atoms. The Labute approximate surface area is 208 Å². The average molecular weight is 472 g/mol. The van der Waals surface area contributed by atoms with Crippen molar-refractivity contribution in [3.63, 3.8) is 0 Å². The Morgan fingerprint density at radius 1 is 0.771 bits per heavy atom. The lowest BCUT2D eigenvalue weighted by Gasteiger charge is -2.43. The number of benzene rings is 2. The highest BCUT2D eigenvalue weighted by Gasteiger charge is 2.30. The molecular weight excluding hydrogens is 434 g/mol. The average Bonchev–Trinajstić information content (AvgIpc) is 3.36. The van der Waals surface area contributed by atoms with Gasteiger partial charge in [-0.1, -0.05) is 18.2 Å². The van der Waals surface area contributed by atoms with Gasteiger partial charge in [0.15, 0.2) is 0 Å². The van der Waals surface area contributed by atoms with Crippen molar-refractivity contribution in [3.05, 3.63) is 66.9 Å². The van der Waals surface area contributed by atoms with Crippen molar-refractivity contribution in [3.8, 4) is 22.8 Å². The lowest BCUT2D eigenvalue weighted by molar-refractivity contribution is 0.0767. The van der Waals surface area contributed by atoms with Gasteiger partial charge in [0.05, 0.1) is 11.7 Å². The topological polar surface area (TPSA) is 45.6 Å². The predicted molar refractivity (Wildman–Crippen MR) is 140 cm³/mol. The lowest BCUT2D eigenvalue weighted by atomic mass is 9.93. The normalized spacial score (nSPS) is 21.1. The van der Waals surface area contributed by atoms with E-state index in [2.05, 4.69) is 44.2 Å². The molecule has 3 saturated heterocycles. The van der Waals surface area contributed by atoms with Crippen molar-refractivity contribution in [1.82, 2.24) is 24.9 Å². The number of hydrogen-bond donors (Lipinski definition) is 1. The van der Waals surface area contributed by atoms with E-state index in [1.807, 2.05) is 42.5 Å². The first-order valence-corrected chi connectivity index (χ1v) is 13.4. The van der Waals surface area contributed by atoms with Crippen molar-refractivity contribution in [2.45, 2.75) is 37.8 Å². The fourth-order valence-electron chi connectivity index (χ4n) is 5.78. The Bertz CT molecular complexity index is 1060. The summed E-state index contributed by atoms with van der Waals surface area (Å²) in [4.78, 5) is 5.41. The molecule has 3 aromatic rings. The van der Waals surface area contributed by atoms with E-state index in [1.165, 1.54) is 71.5 Å². The molecule has 0 amide bonds. The number of likely N-dealkylation sites (tertiary alicyclic amines) is 2. The molecule has 0 unspecified atom stereocenters. The van der Waals surface area contributed by atoms with Gasteiger partial charge in [-0.05, 0) is 87.2 Å². The van der Waals surface area contributed by atoms with Crippen LogP contribution in [0, 0.1) is 5.92 Å². The maximum atomic E-state index is 5.92. The van der Waals surface area contributed by atoms with E-state index in [9.17, 15) is 0 Å². The second-order valence-electron chi connectivity index (χ2n) is 10.4. The molecule has 4 heterocycles. The fraction of sp³-hybridized carbons (Fsp3) is 0.483. The minimum absolute atomic E-state index is 0.508. The molecule has 1 N–H and O–H groups in total. The highest BCUT2D eigenvalue weighted by Crippen LogP contribution is 2.29. The van der Waals surface area contributed by atoms with E-state index in [1.54, 1.807) is 0 Å². The van der Waals surface area contributed by atoms with Gasteiger partial charge in [-0.2, -0.15) is 5.10 Å². The van der Waals surface area contributed by atoms with Crippen LogP contribution in [0.3, 0.4) is 0 Å². The molecular formula is C29H37N5O. The molecule has 184 valence electrons. The zero-order valence-corrected chi connectivity index (χ0v) is 20.6. The van der Waals surface area contributed by atoms with Crippen LogP contribution in [0.2, 0.25) is 0 Å². The molecule has 3 aliphatic rings. The number of nitrogens with one attached hydrogen (secondary N) is 1. The van der Waals surface area contributed by atoms with Gasteiger partial charge in [0.25, 0.3) is 0 Å². The van der Waals surface area contributed by atoms with E-state index in [0.717, 1.165) is 34.7 Å². The first kappa shape index (κ1) is 22.8. The van der Waals surface area contributed by atoms with Crippen LogP contribution in [0.4, 0.5) is 0 Å². The van der Waals surface area contributed by atoms with Gasteiger partial charge in [0.1, 0.15) is 11.5 Å². The second kappa shape index (κ2) is 10.5. The van der Waals surface area contributed by atoms with Crippen molar-refractivity contribution in [2.75, 3.05) is 45.8 Å². The quantitative estimate of drug-likeness (QED) is 0.543. The van der Waals surface area contributed by atoms with Gasteiger partial charge in [-0.15, -0.1) is 0 Å². The van der Waals surface area contributed by atoms with Crippen molar-refractivity contribution >= 4 is 0 Å². The Morgan fingerprint density at radius 2 is 1.49 bits per heavy atom.